The van der Waals surface area contributed by atoms with E-state index in [1.807, 2.05) is 39.0 Å². The molecule has 0 spiro atoms. The number of carbonyl (C=O) groups excluding carboxylic acids is 1. The number of fused-ring (bicyclic) bond motifs is 1. The molecule has 0 aliphatic heterocycles. The maximum Gasteiger partial charge on any atom is 0.340 e. The molecule has 0 bridgehead atoms. The van der Waals surface area contributed by atoms with Gasteiger partial charge in [0.1, 0.15) is 12.3 Å². The number of rotatable bonds is 4. The molecule has 0 saturated carbocycles. The molecule has 0 aromatic carbocycles. The van der Waals surface area contributed by atoms with E-state index in [1.165, 1.54) is 10.5 Å². The van der Waals surface area contributed by atoms with E-state index in [0.717, 1.165) is 17.0 Å². The highest BCUT2D eigenvalue weighted by Crippen LogP contribution is 2.21. The van der Waals surface area contributed by atoms with Crippen LogP contribution in [0.4, 0.5) is 0 Å². The van der Waals surface area contributed by atoms with Gasteiger partial charge in [0.2, 0.25) is 0 Å². The molecular formula is C20H23N3O3. The summed E-state index contributed by atoms with van der Waals surface area (Å²) < 4.78 is 8.98. The minimum Gasteiger partial charge on any atom is -0.456 e. The summed E-state index contributed by atoms with van der Waals surface area (Å²) in [6, 6.07) is 7.17. The SMILES string of the molecule is Cc1ccn2c(=O)cc(COC(=O)c3cc(C)n(C(C)C)c3C)nc2c1. The van der Waals surface area contributed by atoms with Crippen molar-refractivity contribution in [2.75, 3.05) is 0 Å². The fourth-order valence-corrected chi connectivity index (χ4v) is 3.32. The van der Waals surface area contributed by atoms with Gasteiger partial charge < -0.3 is 9.30 Å². The summed E-state index contributed by atoms with van der Waals surface area (Å²) in [4.78, 5) is 29.1. The van der Waals surface area contributed by atoms with Crippen LogP contribution in [0.1, 0.15) is 52.9 Å². The lowest BCUT2D eigenvalue weighted by Gasteiger charge is -2.13. The summed E-state index contributed by atoms with van der Waals surface area (Å²) in [6.07, 6.45) is 1.69. The minimum absolute atomic E-state index is 0.0378. The van der Waals surface area contributed by atoms with Crippen LogP contribution in [0.25, 0.3) is 5.65 Å². The van der Waals surface area contributed by atoms with Gasteiger partial charge in [-0.2, -0.15) is 0 Å². The first-order valence-corrected chi connectivity index (χ1v) is 8.62. The Morgan fingerprint density at radius 1 is 1.19 bits per heavy atom. The Morgan fingerprint density at radius 2 is 1.92 bits per heavy atom. The van der Waals surface area contributed by atoms with Gasteiger partial charge in [0, 0.05) is 29.7 Å². The van der Waals surface area contributed by atoms with E-state index in [9.17, 15) is 9.59 Å². The number of aryl methyl sites for hydroxylation is 2. The molecule has 0 saturated heterocycles. The molecule has 0 atom stereocenters. The Hall–Kier alpha value is -2.89. The van der Waals surface area contributed by atoms with Gasteiger partial charge in [0.15, 0.2) is 0 Å². The molecule has 3 aromatic rings. The third-order valence-electron chi connectivity index (χ3n) is 4.45. The summed E-state index contributed by atoms with van der Waals surface area (Å²) in [5.41, 5.74) is 4.23. The maximum atomic E-state index is 12.5. The highest BCUT2D eigenvalue weighted by atomic mass is 16.5. The van der Waals surface area contributed by atoms with E-state index in [2.05, 4.69) is 23.4 Å². The van der Waals surface area contributed by atoms with Crippen LogP contribution in [-0.2, 0) is 11.3 Å². The average molecular weight is 353 g/mol. The highest BCUT2D eigenvalue weighted by Gasteiger charge is 2.18. The fourth-order valence-electron chi connectivity index (χ4n) is 3.32. The average Bonchev–Trinajstić information content (AvgIpc) is 2.87. The number of esters is 1. The lowest BCUT2D eigenvalue weighted by molar-refractivity contribution is 0.0466. The second-order valence-corrected chi connectivity index (χ2v) is 6.84. The van der Waals surface area contributed by atoms with Crippen molar-refractivity contribution in [3.8, 4) is 0 Å². The van der Waals surface area contributed by atoms with Crippen molar-refractivity contribution in [3.05, 3.63) is 69.0 Å². The lowest BCUT2D eigenvalue weighted by Crippen LogP contribution is -2.17. The maximum absolute atomic E-state index is 12.5. The van der Waals surface area contributed by atoms with Crippen LogP contribution < -0.4 is 5.56 Å². The molecular weight excluding hydrogens is 330 g/mol. The highest BCUT2D eigenvalue weighted by molar-refractivity contribution is 5.91. The summed E-state index contributed by atoms with van der Waals surface area (Å²) in [6.45, 7) is 9.92. The van der Waals surface area contributed by atoms with Crippen LogP contribution in [0, 0.1) is 20.8 Å². The zero-order valence-corrected chi connectivity index (χ0v) is 15.7. The second kappa shape index (κ2) is 6.78. The number of aromatic nitrogens is 3. The zero-order valence-electron chi connectivity index (χ0n) is 15.7. The third-order valence-corrected chi connectivity index (χ3v) is 4.45. The topological polar surface area (TPSA) is 65.6 Å². The van der Waals surface area contributed by atoms with Crippen LogP contribution in [0.5, 0.6) is 0 Å². The molecule has 3 rings (SSSR count). The number of pyridine rings is 1. The van der Waals surface area contributed by atoms with E-state index in [1.54, 1.807) is 6.20 Å². The summed E-state index contributed by atoms with van der Waals surface area (Å²) in [5.74, 6) is -0.406. The van der Waals surface area contributed by atoms with Gasteiger partial charge in [-0.15, -0.1) is 0 Å². The van der Waals surface area contributed by atoms with Crippen LogP contribution >= 0.6 is 0 Å². The molecule has 0 N–H and O–H groups in total. The van der Waals surface area contributed by atoms with Crippen molar-refractivity contribution < 1.29 is 9.53 Å². The second-order valence-electron chi connectivity index (χ2n) is 6.84. The molecule has 26 heavy (non-hydrogen) atoms. The Balaban J connectivity index is 1.83. The fraction of sp³-hybridized carbons (Fsp3) is 0.350. The van der Waals surface area contributed by atoms with Crippen molar-refractivity contribution in [1.82, 2.24) is 14.0 Å². The molecule has 0 unspecified atom stereocenters. The normalized spacial score (nSPS) is 11.3. The molecule has 6 heteroatoms. The van der Waals surface area contributed by atoms with Gasteiger partial charge in [-0.3, -0.25) is 9.20 Å². The van der Waals surface area contributed by atoms with E-state index >= 15 is 0 Å². The first kappa shape index (κ1) is 17.9. The number of carbonyl (C=O) groups is 1. The molecule has 136 valence electrons. The van der Waals surface area contributed by atoms with Gasteiger partial charge >= 0.3 is 5.97 Å². The smallest absolute Gasteiger partial charge is 0.340 e. The van der Waals surface area contributed by atoms with Crippen LogP contribution in [0.3, 0.4) is 0 Å². The van der Waals surface area contributed by atoms with Crippen molar-refractivity contribution in [3.63, 3.8) is 0 Å². The first-order valence-electron chi connectivity index (χ1n) is 8.62. The number of nitrogens with zero attached hydrogens (tertiary/aromatic N) is 3. The molecule has 0 fully saturated rings. The van der Waals surface area contributed by atoms with Crippen molar-refractivity contribution in [1.29, 1.82) is 0 Å². The quantitative estimate of drug-likeness (QED) is 0.675. The van der Waals surface area contributed by atoms with Crippen molar-refractivity contribution in [2.24, 2.45) is 0 Å². The standard InChI is InChI=1S/C20H23N3O3/c1-12(2)23-14(4)9-17(15(23)5)20(25)26-11-16-10-19(24)22-7-6-13(3)8-18(22)21-16/h6-10,12H,11H2,1-5H3. The van der Waals surface area contributed by atoms with E-state index in [-0.39, 0.29) is 18.2 Å². The van der Waals surface area contributed by atoms with E-state index in [4.69, 9.17) is 4.74 Å². The predicted molar refractivity (Wildman–Crippen MR) is 99.6 cm³/mol. The molecule has 0 radical (unpaired) electrons. The van der Waals surface area contributed by atoms with E-state index < -0.39 is 5.97 Å². The minimum atomic E-state index is -0.406. The number of hydrogen-bond acceptors (Lipinski definition) is 4. The molecule has 3 heterocycles. The Bertz CT molecular complexity index is 1040. The predicted octanol–water partition coefficient (Wildman–Crippen LogP) is 3.36. The Labute approximate surface area is 152 Å². The summed E-state index contributed by atoms with van der Waals surface area (Å²) in [7, 11) is 0. The number of hydrogen-bond donors (Lipinski definition) is 0. The van der Waals surface area contributed by atoms with Crippen LogP contribution in [-0.4, -0.2) is 19.9 Å². The molecule has 6 nitrogen and oxygen atoms in total. The Morgan fingerprint density at radius 3 is 2.58 bits per heavy atom. The monoisotopic (exact) mass is 353 g/mol. The molecule has 0 amide bonds. The Kier molecular flexibility index (Phi) is 4.68. The lowest BCUT2D eigenvalue weighted by atomic mass is 10.2. The van der Waals surface area contributed by atoms with Gasteiger partial charge in [-0.05, 0) is 58.4 Å². The zero-order chi connectivity index (χ0) is 19.0. The first-order chi connectivity index (χ1) is 12.3. The van der Waals surface area contributed by atoms with Gasteiger partial charge in [0.25, 0.3) is 5.56 Å². The van der Waals surface area contributed by atoms with Gasteiger partial charge in [0.05, 0.1) is 11.3 Å². The summed E-state index contributed by atoms with van der Waals surface area (Å²) >= 11 is 0. The number of ether oxygens (including phenoxy) is 1. The van der Waals surface area contributed by atoms with Crippen molar-refractivity contribution >= 4 is 11.6 Å². The molecule has 0 aliphatic rings. The summed E-state index contributed by atoms with van der Waals surface area (Å²) in [5, 5.41) is 0. The van der Waals surface area contributed by atoms with Gasteiger partial charge in [-0.25, -0.2) is 9.78 Å². The van der Waals surface area contributed by atoms with Crippen molar-refractivity contribution in [2.45, 2.75) is 47.3 Å². The largest absolute Gasteiger partial charge is 0.456 e. The van der Waals surface area contributed by atoms with Gasteiger partial charge in [-0.1, -0.05) is 0 Å². The third kappa shape index (κ3) is 3.27. The van der Waals surface area contributed by atoms with Crippen LogP contribution in [0.15, 0.2) is 35.3 Å². The van der Waals surface area contributed by atoms with E-state index in [0.29, 0.717) is 16.9 Å². The van der Waals surface area contributed by atoms with Crippen LogP contribution in [0.2, 0.25) is 0 Å². The molecule has 3 aromatic heterocycles. The molecule has 0 aliphatic carbocycles.